The summed E-state index contributed by atoms with van der Waals surface area (Å²) < 4.78 is 7.09. The van der Waals surface area contributed by atoms with Crippen LogP contribution in [0.2, 0.25) is 0 Å². The van der Waals surface area contributed by atoms with Crippen molar-refractivity contribution in [1.29, 1.82) is 0 Å². The molecule has 0 saturated carbocycles. The number of aromatic nitrogens is 5. The van der Waals surface area contributed by atoms with Crippen LogP contribution in [0.1, 0.15) is 17.0 Å². The largest absolute Gasteiger partial charge is 0.497 e. The zero-order chi connectivity index (χ0) is 21.8. The minimum absolute atomic E-state index is 0.0363. The summed E-state index contributed by atoms with van der Waals surface area (Å²) in [6.07, 6.45) is 4.05. The first-order valence-electron chi connectivity index (χ1n) is 10.3. The van der Waals surface area contributed by atoms with E-state index in [4.69, 9.17) is 4.74 Å². The zero-order valence-electron chi connectivity index (χ0n) is 18.1. The van der Waals surface area contributed by atoms with E-state index in [0.717, 1.165) is 28.5 Å². The maximum atomic E-state index is 13.3. The maximum absolute atomic E-state index is 13.3. The van der Waals surface area contributed by atoms with E-state index in [1.165, 1.54) is 0 Å². The van der Waals surface area contributed by atoms with Crippen molar-refractivity contribution in [3.63, 3.8) is 0 Å². The molecule has 0 radical (unpaired) electrons. The van der Waals surface area contributed by atoms with Crippen molar-refractivity contribution in [1.82, 2.24) is 30.3 Å². The van der Waals surface area contributed by atoms with Crippen LogP contribution in [0.3, 0.4) is 0 Å². The van der Waals surface area contributed by atoms with Crippen LogP contribution in [0.5, 0.6) is 5.75 Å². The predicted molar refractivity (Wildman–Crippen MR) is 116 cm³/mol. The van der Waals surface area contributed by atoms with Gasteiger partial charge in [-0.2, -0.15) is 0 Å². The Morgan fingerprint density at radius 3 is 2.74 bits per heavy atom. The lowest BCUT2D eigenvalue weighted by Gasteiger charge is -2.49. The third kappa shape index (κ3) is 4.65. The van der Waals surface area contributed by atoms with E-state index in [2.05, 4.69) is 30.5 Å². The number of hydrogen-bond donors (Lipinski definition) is 1. The Morgan fingerprint density at radius 2 is 2.03 bits per heavy atom. The molecule has 31 heavy (non-hydrogen) atoms. The lowest BCUT2D eigenvalue weighted by molar-refractivity contribution is -0.132. The summed E-state index contributed by atoms with van der Waals surface area (Å²) in [5.74, 6) is 1.67. The van der Waals surface area contributed by atoms with Gasteiger partial charge in [0.1, 0.15) is 17.9 Å². The second-order valence-corrected chi connectivity index (χ2v) is 8.06. The van der Waals surface area contributed by atoms with E-state index in [0.29, 0.717) is 32.6 Å². The highest BCUT2D eigenvalue weighted by molar-refractivity contribution is 5.86. The van der Waals surface area contributed by atoms with Crippen LogP contribution in [0.4, 0.5) is 5.82 Å². The average Bonchev–Trinajstić information content (AvgIpc) is 3.15. The topological polar surface area (TPSA) is 98.1 Å². The molecule has 4 rings (SSSR count). The number of benzene rings is 1. The van der Waals surface area contributed by atoms with Gasteiger partial charge in [0.15, 0.2) is 0 Å². The summed E-state index contributed by atoms with van der Waals surface area (Å²) in [6.45, 7) is 6.09. The number of carbonyl (C=O) groups is 1. The SMILES string of the molecule is COc1cccc(CC2(C(=O)NCCn3cc(C)nn3)CN(c3cc(C)ncn3)C2)c1. The first-order chi connectivity index (χ1) is 15.0. The molecular formula is C22H27N7O2. The Labute approximate surface area is 181 Å². The van der Waals surface area contributed by atoms with Crippen LogP contribution in [-0.4, -0.2) is 57.6 Å². The van der Waals surface area contributed by atoms with Crippen molar-refractivity contribution in [3.8, 4) is 5.75 Å². The molecule has 3 heterocycles. The van der Waals surface area contributed by atoms with Crippen LogP contribution >= 0.6 is 0 Å². The number of anilines is 1. The van der Waals surface area contributed by atoms with Gasteiger partial charge in [-0.15, -0.1) is 5.10 Å². The molecule has 9 heteroatoms. The van der Waals surface area contributed by atoms with Gasteiger partial charge in [0, 0.05) is 37.6 Å². The molecule has 9 nitrogen and oxygen atoms in total. The number of hydrogen-bond acceptors (Lipinski definition) is 7. The smallest absolute Gasteiger partial charge is 0.230 e. The molecule has 3 aromatic rings. The minimum Gasteiger partial charge on any atom is -0.497 e. The van der Waals surface area contributed by atoms with E-state index < -0.39 is 5.41 Å². The lowest BCUT2D eigenvalue weighted by atomic mass is 9.73. The summed E-state index contributed by atoms with van der Waals surface area (Å²) in [5.41, 5.74) is 2.29. The summed E-state index contributed by atoms with van der Waals surface area (Å²) in [5, 5.41) is 11.1. The molecule has 1 aliphatic heterocycles. The van der Waals surface area contributed by atoms with Crippen molar-refractivity contribution in [2.75, 3.05) is 31.6 Å². The molecule has 1 N–H and O–H groups in total. The molecule has 0 unspecified atom stereocenters. The minimum atomic E-state index is -0.538. The Hall–Kier alpha value is -3.49. The third-order valence-corrected chi connectivity index (χ3v) is 5.54. The predicted octanol–water partition coefficient (Wildman–Crippen LogP) is 1.56. The number of amides is 1. The van der Waals surface area contributed by atoms with E-state index in [-0.39, 0.29) is 5.91 Å². The Balaban J connectivity index is 1.47. The Morgan fingerprint density at radius 1 is 1.19 bits per heavy atom. The quantitative estimate of drug-likeness (QED) is 0.589. The van der Waals surface area contributed by atoms with E-state index in [1.54, 1.807) is 18.1 Å². The standard InChI is InChI=1S/C22H27N7O2/c1-16-9-20(25-15-24-16)28-13-22(14-28,11-18-5-4-6-19(10-18)31-3)21(30)23-7-8-29-12-17(2)26-27-29/h4-6,9-10,12,15H,7-8,11,13-14H2,1-3H3,(H,23,30). The molecule has 1 saturated heterocycles. The fourth-order valence-electron chi connectivity index (χ4n) is 3.94. The van der Waals surface area contributed by atoms with Crippen molar-refractivity contribution >= 4 is 11.7 Å². The van der Waals surface area contributed by atoms with Gasteiger partial charge in [0.2, 0.25) is 5.91 Å². The van der Waals surface area contributed by atoms with Crippen LogP contribution < -0.4 is 15.0 Å². The van der Waals surface area contributed by atoms with Gasteiger partial charge < -0.3 is 15.0 Å². The highest BCUT2D eigenvalue weighted by Crippen LogP contribution is 2.37. The molecule has 1 aliphatic rings. The third-order valence-electron chi connectivity index (χ3n) is 5.54. The fourth-order valence-corrected chi connectivity index (χ4v) is 3.94. The summed E-state index contributed by atoms with van der Waals surface area (Å²) in [7, 11) is 1.65. The van der Waals surface area contributed by atoms with E-state index >= 15 is 0 Å². The molecule has 1 aromatic carbocycles. The molecule has 0 aliphatic carbocycles. The van der Waals surface area contributed by atoms with Gasteiger partial charge in [-0.25, -0.2) is 9.97 Å². The van der Waals surface area contributed by atoms with Gasteiger partial charge in [-0.3, -0.25) is 9.48 Å². The second-order valence-electron chi connectivity index (χ2n) is 8.06. The van der Waals surface area contributed by atoms with Gasteiger partial charge in [-0.05, 0) is 38.0 Å². The van der Waals surface area contributed by atoms with E-state index in [9.17, 15) is 4.79 Å². The number of rotatable bonds is 8. The number of nitrogens with one attached hydrogen (secondary N) is 1. The number of ether oxygens (including phenoxy) is 1. The molecule has 0 bridgehead atoms. The number of nitrogens with zero attached hydrogens (tertiary/aromatic N) is 6. The Kier molecular flexibility index (Phi) is 5.83. The molecule has 0 atom stereocenters. The molecule has 1 fully saturated rings. The highest BCUT2D eigenvalue weighted by Gasteiger charge is 2.49. The Bertz CT molecular complexity index is 1060. The zero-order valence-corrected chi connectivity index (χ0v) is 18.1. The van der Waals surface area contributed by atoms with Crippen LogP contribution in [0.15, 0.2) is 42.9 Å². The lowest BCUT2D eigenvalue weighted by Crippen LogP contribution is -2.65. The van der Waals surface area contributed by atoms with Crippen molar-refractivity contribution in [2.45, 2.75) is 26.8 Å². The normalized spacial score (nSPS) is 14.7. The number of aryl methyl sites for hydroxylation is 2. The summed E-state index contributed by atoms with van der Waals surface area (Å²) in [6, 6.07) is 9.84. The maximum Gasteiger partial charge on any atom is 0.230 e. The summed E-state index contributed by atoms with van der Waals surface area (Å²) >= 11 is 0. The molecule has 162 valence electrons. The van der Waals surface area contributed by atoms with Gasteiger partial charge in [0.25, 0.3) is 0 Å². The summed E-state index contributed by atoms with van der Waals surface area (Å²) in [4.78, 5) is 24.0. The van der Waals surface area contributed by atoms with E-state index in [1.807, 2.05) is 50.4 Å². The monoisotopic (exact) mass is 421 g/mol. The second kappa shape index (κ2) is 8.71. The van der Waals surface area contributed by atoms with Crippen LogP contribution in [0.25, 0.3) is 0 Å². The van der Waals surface area contributed by atoms with Gasteiger partial charge in [-0.1, -0.05) is 17.3 Å². The molecule has 1 amide bonds. The number of methoxy groups -OCH3 is 1. The molecule has 0 spiro atoms. The highest BCUT2D eigenvalue weighted by atomic mass is 16.5. The van der Waals surface area contributed by atoms with Gasteiger partial charge >= 0.3 is 0 Å². The number of carbonyl (C=O) groups excluding carboxylic acids is 1. The first kappa shape index (κ1) is 20.8. The van der Waals surface area contributed by atoms with Crippen LogP contribution in [-0.2, 0) is 17.8 Å². The first-order valence-corrected chi connectivity index (χ1v) is 10.3. The van der Waals surface area contributed by atoms with Crippen molar-refractivity contribution in [2.24, 2.45) is 5.41 Å². The van der Waals surface area contributed by atoms with Crippen molar-refractivity contribution in [3.05, 3.63) is 59.8 Å². The van der Waals surface area contributed by atoms with Crippen molar-refractivity contribution < 1.29 is 9.53 Å². The fraction of sp³-hybridized carbons (Fsp3) is 0.409. The average molecular weight is 422 g/mol. The van der Waals surface area contributed by atoms with Gasteiger partial charge in [0.05, 0.1) is 24.8 Å². The van der Waals surface area contributed by atoms with Crippen LogP contribution in [0, 0.1) is 19.3 Å². The molecular weight excluding hydrogens is 394 g/mol. The molecule has 2 aromatic heterocycles.